The number of halogens is 1. The second-order valence-corrected chi connectivity index (χ2v) is 6.97. The van der Waals surface area contributed by atoms with Crippen LogP contribution in [0, 0.1) is 5.92 Å². The molecule has 1 fully saturated rings. The molecular formula is C19H27ClN4O. The number of hydrogen-bond donors (Lipinski definition) is 2. The summed E-state index contributed by atoms with van der Waals surface area (Å²) in [5, 5.41) is 7.43. The SMILES string of the molecule is CC1(N)CCCCC1C(=O)NCCc1cnn(-c2ccccc2)c1.Cl. The van der Waals surface area contributed by atoms with E-state index >= 15 is 0 Å². The van der Waals surface area contributed by atoms with Crippen LogP contribution in [0.2, 0.25) is 0 Å². The molecule has 5 nitrogen and oxygen atoms in total. The van der Waals surface area contributed by atoms with Crippen LogP contribution in [-0.4, -0.2) is 27.8 Å². The lowest BCUT2D eigenvalue weighted by molar-refractivity contribution is -0.128. The van der Waals surface area contributed by atoms with E-state index in [0.29, 0.717) is 6.54 Å². The Morgan fingerprint density at radius 2 is 2.12 bits per heavy atom. The normalized spacial score (nSPS) is 22.9. The zero-order chi connectivity index (χ0) is 17.0. The van der Waals surface area contributed by atoms with Gasteiger partial charge in [0, 0.05) is 18.3 Å². The molecule has 0 aliphatic heterocycles. The highest BCUT2D eigenvalue weighted by Crippen LogP contribution is 2.31. The Morgan fingerprint density at radius 3 is 2.84 bits per heavy atom. The molecule has 2 unspecified atom stereocenters. The lowest BCUT2D eigenvalue weighted by atomic mass is 9.74. The van der Waals surface area contributed by atoms with Crippen molar-refractivity contribution in [2.24, 2.45) is 11.7 Å². The number of rotatable bonds is 5. The van der Waals surface area contributed by atoms with Gasteiger partial charge in [-0.25, -0.2) is 4.68 Å². The summed E-state index contributed by atoms with van der Waals surface area (Å²) in [7, 11) is 0. The highest BCUT2D eigenvalue weighted by atomic mass is 35.5. The second kappa shape index (κ2) is 8.50. The Balaban J connectivity index is 0.00000225. The number of hydrogen-bond acceptors (Lipinski definition) is 3. The summed E-state index contributed by atoms with van der Waals surface area (Å²) in [4.78, 5) is 12.4. The van der Waals surface area contributed by atoms with Crippen molar-refractivity contribution in [2.75, 3.05) is 6.54 Å². The maximum absolute atomic E-state index is 12.4. The van der Waals surface area contributed by atoms with Gasteiger partial charge in [-0.15, -0.1) is 12.4 Å². The van der Waals surface area contributed by atoms with Crippen LogP contribution < -0.4 is 11.1 Å². The number of nitrogens with zero attached hydrogens (tertiary/aromatic N) is 2. The molecule has 1 heterocycles. The van der Waals surface area contributed by atoms with Crippen molar-refractivity contribution < 1.29 is 4.79 Å². The third kappa shape index (κ3) is 4.83. The summed E-state index contributed by atoms with van der Waals surface area (Å²) in [6.07, 6.45) is 8.67. The summed E-state index contributed by atoms with van der Waals surface area (Å²) < 4.78 is 1.86. The van der Waals surface area contributed by atoms with Crippen LogP contribution in [0.4, 0.5) is 0 Å². The molecular weight excluding hydrogens is 336 g/mol. The van der Waals surface area contributed by atoms with E-state index < -0.39 is 0 Å². The van der Waals surface area contributed by atoms with E-state index in [9.17, 15) is 4.79 Å². The van der Waals surface area contributed by atoms with Gasteiger partial charge in [0.2, 0.25) is 5.91 Å². The molecule has 25 heavy (non-hydrogen) atoms. The quantitative estimate of drug-likeness (QED) is 0.858. The van der Waals surface area contributed by atoms with Crippen LogP contribution in [0.15, 0.2) is 42.7 Å². The summed E-state index contributed by atoms with van der Waals surface area (Å²) >= 11 is 0. The fourth-order valence-corrected chi connectivity index (χ4v) is 3.45. The van der Waals surface area contributed by atoms with Crippen LogP contribution in [0.5, 0.6) is 0 Å². The van der Waals surface area contributed by atoms with E-state index in [1.54, 1.807) is 0 Å². The Bertz CT molecular complexity index is 684. The van der Waals surface area contributed by atoms with Crippen LogP contribution in [0.25, 0.3) is 5.69 Å². The predicted octanol–water partition coefficient (Wildman–Crippen LogP) is 2.86. The highest BCUT2D eigenvalue weighted by molar-refractivity contribution is 5.85. The first-order chi connectivity index (χ1) is 11.6. The first-order valence-electron chi connectivity index (χ1n) is 8.72. The van der Waals surface area contributed by atoms with Gasteiger partial charge in [-0.2, -0.15) is 5.10 Å². The Kier molecular flexibility index (Phi) is 6.62. The van der Waals surface area contributed by atoms with E-state index in [0.717, 1.165) is 43.4 Å². The molecule has 2 aromatic rings. The van der Waals surface area contributed by atoms with Gasteiger partial charge in [0.05, 0.1) is 17.8 Å². The summed E-state index contributed by atoms with van der Waals surface area (Å²) in [6, 6.07) is 10.0. The number of amides is 1. The minimum Gasteiger partial charge on any atom is -0.355 e. The average molecular weight is 363 g/mol. The first-order valence-corrected chi connectivity index (χ1v) is 8.72. The third-order valence-electron chi connectivity index (χ3n) is 4.94. The van der Waals surface area contributed by atoms with Crippen molar-refractivity contribution in [3.8, 4) is 5.69 Å². The standard InChI is InChI=1S/C19H26N4O.ClH/c1-19(20)11-6-5-9-17(19)18(24)21-12-10-15-13-22-23(14-15)16-7-3-2-4-8-16;/h2-4,7-8,13-14,17H,5-6,9-12,20H2,1H3,(H,21,24);1H. The van der Waals surface area contributed by atoms with E-state index in [2.05, 4.69) is 10.4 Å². The summed E-state index contributed by atoms with van der Waals surface area (Å²) in [5.74, 6) is 0.0217. The molecule has 3 rings (SSSR count). The van der Waals surface area contributed by atoms with E-state index in [-0.39, 0.29) is 29.8 Å². The summed E-state index contributed by atoms with van der Waals surface area (Å²) in [5.41, 5.74) is 8.07. The van der Waals surface area contributed by atoms with Gasteiger partial charge in [0.25, 0.3) is 0 Å². The van der Waals surface area contributed by atoms with Gasteiger partial charge in [-0.05, 0) is 43.9 Å². The fraction of sp³-hybridized carbons (Fsp3) is 0.474. The van der Waals surface area contributed by atoms with E-state index in [1.165, 1.54) is 0 Å². The molecule has 0 saturated heterocycles. The molecule has 1 aliphatic carbocycles. The minimum atomic E-state index is -0.374. The van der Waals surface area contributed by atoms with Gasteiger partial charge >= 0.3 is 0 Å². The monoisotopic (exact) mass is 362 g/mol. The van der Waals surface area contributed by atoms with Gasteiger partial charge in [-0.3, -0.25) is 4.79 Å². The zero-order valence-corrected chi connectivity index (χ0v) is 15.5. The number of nitrogens with one attached hydrogen (secondary N) is 1. The number of carbonyl (C=O) groups is 1. The maximum atomic E-state index is 12.4. The van der Waals surface area contributed by atoms with Crippen molar-refractivity contribution in [1.82, 2.24) is 15.1 Å². The Morgan fingerprint density at radius 1 is 1.36 bits per heavy atom. The van der Waals surface area contributed by atoms with Gasteiger partial charge in [0.1, 0.15) is 0 Å². The lowest BCUT2D eigenvalue weighted by Gasteiger charge is -2.37. The van der Waals surface area contributed by atoms with Crippen LogP contribution in [0.1, 0.15) is 38.2 Å². The molecule has 1 aromatic carbocycles. The maximum Gasteiger partial charge on any atom is 0.224 e. The number of aromatic nitrogens is 2. The molecule has 0 radical (unpaired) electrons. The molecule has 0 spiro atoms. The molecule has 3 N–H and O–H groups in total. The molecule has 1 saturated carbocycles. The fourth-order valence-electron chi connectivity index (χ4n) is 3.45. The van der Waals surface area contributed by atoms with Gasteiger partial charge < -0.3 is 11.1 Å². The molecule has 136 valence electrons. The summed E-state index contributed by atoms with van der Waals surface area (Å²) in [6.45, 7) is 2.62. The number of benzene rings is 1. The van der Waals surface area contributed by atoms with Crippen molar-refractivity contribution in [3.63, 3.8) is 0 Å². The van der Waals surface area contributed by atoms with Crippen LogP contribution in [0.3, 0.4) is 0 Å². The molecule has 0 bridgehead atoms. The Labute approximate surface area is 155 Å². The molecule has 2 atom stereocenters. The molecule has 1 aromatic heterocycles. The van der Waals surface area contributed by atoms with E-state index in [4.69, 9.17) is 5.73 Å². The lowest BCUT2D eigenvalue weighted by Crippen LogP contribution is -2.53. The van der Waals surface area contributed by atoms with Crippen molar-refractivity contribution >= 4 is 18.3 Å². The molecule has 1 amide bonds. The highest BCUT2D eigenvalue weighted by Gasteiger charge is 2.37. The van der Waals surface area contributed by atoms with Gasteiger partial charge in [-0.1, -0.05) is 31.0 Å². The third-order valence-corrected chi connectivity index (χ3v) is 4.94. The average Bonchev–Trinajstić information content (AvgIpc) is 3.04. The number of para-hydroxylation sites is 1. The van der Waals surface area contributed by atoms with Crippen molar-refractivity contribution in [2.45, 2.75) is 44.6 Å². The molecule has 6 heteroatoms. The largest absolute Gasteiger partial charge is 0.355 e. The topological polar surface area (TPSA) is 72.9 Å². The van der Waals surface area contributed by atoms with Crippen LogP contribution in [-0.2, 0) is 11.2 Å². The predicted molar refractivity (Wildman–Crippen MR) is 102 cm³/mol. The van der Waals surface area contributed by atoms with Crippen molar-refractivity contribution in [3.05, 3.63) is 48.3 Å². The Hall–Kier alpha value is -1.85. The number of carbonyl (C=O) groups excluding carboxylic acids is 1. The van der Waals surface area contributed by atoms with Crippen LogP contribution >= 0.6 is 12.4 Å². The minimum absolute atomic E-state index is 0. The van der Waals surface area contributed by atoms with E-state index in [1.807, 2.05) is 54.3 Å². The molecule has 1 aliphatic rings. The second-order valence-electron chi connectivity index (χ2n) is 6.97. The smallest absolute Gasteiger partial charge is 0.224 e. The van der Waals surface area contributed by atoms with Gasteiger partial charge in [0.15, 0.2) is 0 Å². The van der Waals surface area contributed by atoms with Crippen molar-refractivity contribution in [1.29, 1.82) is 0 Å². The zero-order valence-electron chi connectivity index (χ0n) is 14.6. The number of nitrogens with two attached hydrogens (primary N) is 1. The first kappa shape index (κ1) is 19.5.